The number of rotatable bonds is 4. The molecule has 1 fully saturated rings. The van der Waals surface area contributed by atoms with Gasteiger partial charge >= 0.3 is 0 Å². The molecule has 0 spiro atoms. The minimum absolute atomic E-state index is 0.0705. The zero-order valence-corrected chi connectivity index (χ0v) is 14.1. The zero-order valence-electron chi connectivity index (χ0n) is 14.1. The molecule has 24 heavy (non-hydrogen) atoms. The fourth-order valence-corrected chi connectivity index (χ4v) is 2.74. The Labute approximate surface area is 142 Å². The molecule has 1 saturated heterocycles. The number of pyridine rings is 1. The molecule has 1 aliphatic rings. The van der Waals surface area contributed by atoms with Crippen LogP contribution in [0.2, 0.25) is 0 Å². The summed E-state index contributed by atoms with van der Waals surface area (Å²) in [6.07, 6.45) is 3.40. The lowest BCUT2D eigenvalue weighted by molar-refractivity contribution is -0.120. The van der Waals surface area contributed by atoms with Crippen molar-refractivity contribution in [1.82, 2.24) is 10.3 Å². The highest BCUT2D eigenvalue weighted by molar-refractivity contribution is 5.92. The van der Waals surface area contributed by atoms with E-state index in [2.05, 4.69) is 29.5 Å². The maximum Gasteiger partial charge on any atom is 0.227 e. The minimum Gasteiger partial charge on any atom is -0.439 e. The van der Waals surface area contributed by atoms with Gasteiger partial charge in [0.15, 0.2) is 0 Å². The number of anilines is 1. The van der Waals surface area contributed by atoms with E-state index in [0.717, 1.165) is 31.7 Å². The van der Waals surface area contributed by atoms with Crippen molar-refractivity contribution in [2.45, 2.75) is 26.7 Å². The van der Waals surface area contributed by atoms with E-state index in [1.807, 2.05) is 24.3 Å². The average molecular weight is 325 g/mol. The van der Waals surface area contributed by atoms with E-state index in [1.54, 1.807) is 12.3 Å². The van der Waals surface area contributed by atoms with Gasteiger partial charge in [-0.2, -0.15) is 0 Å². The number of benzene rings is 1. The van der Waals surface area contributed by atoms with Gasteiger partial charge in [0.25, 0.3) is 0 Å². The lowest BCUT2D eigenvalue weighted by Crippen LogP contribution is -2.34. The van der Waals surface area contributed by atoms with E-state index in [0.29, 0.717) is 11.6 Å². The summed E-state index contributed by atoms with van der Waals surface area (Å²) in [5.74, 6) is 1.43. The highest BCUT2D eigenvalue weighted by atomic mass is 16.5. The average Bonchev–Trinajstić information content (AvgIpc) is 2.61. The summed E-state index contributed by atoms with van der Waals surface area (Å²) >= 11 is 0. The number of nitrogens with zero attached hydrogens (tertiary/aromatic N) is 1. The molecule has 0 unspecified atom stereocenters. The largest absolute Gasteiger partial charge is 0.439 e. The second kappa shape index (κ2) is 7.45. The molecule has 1 aromatic heterocycles. The lowest BCUT2D eigenvalue weighted by atomic mass is 9.97. The number of aryl methyl sites for hydroxylation is 2. The Morgan fingerprint density at radius 2 is 1.96 bits per heavy atom. The normalized spacial score (nSPS) is 15.1. The van der Waals surface area contributed by atoms with Crippen LogP contribution in [0.4, 0.5) is 5.69 Å². The minimum atomic E-state index is 0.0705. The highest BCUT2D eigenvalue weighted by Gasteiger charge is 2.20. The summed E-state index contributed by atoms with van der Waals surface area (Å²) in [7, 11) is 0. The predicted molar refractivity (Wildman–Crippen MR) is 94.5 cm³/mol. The second-order valence-corrected chi connectivity index (χ2v) is 6.25. The van der Waals surface area contributed by atoms with Crippen LogP contribution in [0.5, 0.6) is 11.6 Å². The molecule has 0 aliphatic carbocycles. The van der Waals surface area contributed by atoms with Crippen LogP contribution in [0.25, 0.3) is 0 Å². The molecule has 0 atom stereocenters. The number of carbonyl (C=O) groups is 1. The third kappa shape index (κ3) is 4.11. The van der Waals surface area contributed by atoms with Crippen molar-refractivity contribution in [3.8, 4) is 11.6 Å². The van der Waals surface area contributed by atoms with Gasteiger partial charge in [-0.25, -0.2) is 4.98 Å². The standard InChI is InChI=1S/C19H23N3O2/c1-13-3-5-17(11-14(13)2)24-18-6-4-16(12-21-18)22-19(23)15-7-9-20-10-8-15/h3-6,11-12,15,20H,7-10H2,1-2H3,(H,22,23). The molecule has 126 valence electrons. The van der Waals surface area contributed by atoms with Crippen molar-refractivity contribution in [3.05, 3.63) is 47.7 Å². The SMILES string of the molecule is Cc1ccc(Oc2ccc(NC(=O)C3CCNCC3)cn2)cc1C. The molecule has 2 heterocycles. The molecule has 1 amide bonds. The van der Waals surface area contributed by atoms with E-state index in [1.165, 1.54) is 11.1 Å². The first-order valence-electron chi connectivity index (χ1n) is 8.34. The molecule has 2 aromatic rings. The molecular weight excluding hydrogens is 302 g/mol. The number of piperidine rings is 1. The molecule has 1 aliphatic heterocycles. The van der Waals surface area contributed by atoms with Crippen molar-refractivity contribution in [3.63, 3.8) is 0 Å². The molecule has 0 radical (unpaired) electrons. The Bertz CT molecular complexity index is 707. The Morgan fingerprint density at radius 3 is 2.62 bits per heavy atom. The van der Waals surface area contributed by atoms with Gasteiger partial charge in [-0.05, 0) is 69.1 Å². The maximum absolute atomic E-state index is 12.2. The van der Waals surface area contributed by atoms with Gasteiger partial charge in [-0.3, -0.25) is 4.79 Å². The second-order valence-electron chi connectivity index (χ2n) is 6.25. The quantitative estimate of drug-likeness (QED) is 0.904. The number of hydrogen-bond acceptors (Lipinski definition) is 4. The number of carbonyl (C=O) groups excluding carboxylic acids is 1. The van der Waals surface area contributed by atoms with Crippen molar-refractivity contribution in [2.75, 3.05) is 18.4 Å². The number of aromatic nitrogens is 1. The first-order chi connectivity index (χ1) is 11.6. The van der Waals surface area contributed by atoms with Gasteiger partial charge < -0.3 is 15.4 Å². The fourth-order valence-electron chi connectivity index (χ4n) is 2.74. The number of ether oxygens (including phenoxy) is 1. The number of amides is 1. The summed E-state index contributed by atoms with van der Waals surface area (Å²) in [4.78, 5) is 16.5. The molecule has 0 bridgehead atoms. The van der Waals surface area contributed by atoms with E-state index in [-0.39, 0.29) is 11.8 Å². The summed E-state index contributed by atoms with van der Waals surface area (Å²) < 4.78 is 5.76. The van der Waals surface area contributed by atoms with E-state index in [9.17, 15) is 4.79 Å². The van der Waals surface area contributed by atoms with Crippen molar-refractivity contribution in [1.29, 1.82) is 0 Å². The van der Waals surface area contributed by atoms with Crippen LogP contribution in [0.3, 0.4) is 0 Å². The van der Waals surface area contributed by atoms with Crippen LogP contribution in [0, 0.1) is 19.8 Å². The smallest absolute Gasteiger partial charge is 0.227 e. The summed E-state index contributed by atoms with van der Waals surface area (Å²) in [6, 6.07) is 9.54. The van der Waals surface area contributed by atoms with Gasteiger partial charge in [-0.1, -0.05) is 6.07 Å². The van der Waals surface area contributed by atoms with E-state index >= 15 is 0 Å². The Kier molecular flexibility index (Phi) is 5.11. The molecule has 5 nitrogen and oxygen atoms in total. The molecule has 5 heteroatoms. The van der Waals surface area contributed by atoms with E-state index in [4.69, 9.17) is 4.74 Å². The molecule has 2 N–H and O–H groups in total. The first kappa shape index (κ1) is 16.5. The van der Waals surface area contributed by atoms with Gasteiger partial charge in [0.1, 0.15) is 5.75 Å². The maximum atomic E-state index is 12.2. The van der Waals surface area contributed by atoms with Crippen LogP contribution in [-0.2, 0) is 4.79 Å². The van der Waals surface area contributed by atoms with Crippen LogP contribution < -0.4 is 15.4 Å². The topological polar surface area (TPSA) is 63.2 Å². The van der Waals surface area contributed by atoms with Gasteiger partial charge in [-0.15, -0.1) is 0 Å². The number of nitrogens with one attached hydrogen (secondary N) is 2. The Hall–Kier alpha value is -2.40. The van der Waals surface area contributed by atoms with Crippen LogP contribution in [0.15, 0.2) is 36.5 Å². The highest BCUT2D eigenvalue weighted by Crippen LogP contribution is 2.23. The monoisotopic (exact) mass is 325 g/mol. The van der Waals surface area contributed by atoms with Crippen LogP contribution in [0.1, 0.15) is 24.0 Å². The summed E-state index contributed by atoms with van der Waals surface area (Å²) in [6.45, 7) is 5.92. The van der Waals surface area contributed by atoms with Crippen molar-refractivity contribution in [2.24, 2.45) is 5.92 Å². The van der Waals surface area contributed by atoms with Gasteiger partial charge in [0.2, 0.25) is 11.8 Å². The third-order valence-electron chi connectivity index (χ3n) is 4.41. The summed E-state index contributed by atoms with van der Waals surface area (Å²) in [5.41, 5.74) is 3.11. The van der Waals surface area contributed by atoms with Crippen LogP contribution >= 0.6 is 0 Å². The van der Waals surface area contributed by atoms with E-state index < -0.39 is 0 Å². The fraction of sp³-hybridized carbons (Fsp3) is 0.368. The van der Waals surface area contributed by atoms with Crippen LogP contribution in [-0.4, -0.2) is 24.0 Å². The summed E-state index contributed by atoms with van der Waals surface area (Å²) in [5, 5.41) is 6.20. The molecule has 3 rings (SSSR count). The Morgan fingerprint density at radius 1 is 1.17 bits per heavy atom. The molecule has 0 saturated carbocycles. The molecular formula is C19H23N3O2. The van der Waals surface area contributed by atoms with Crippen molar-refractivity contribution >= 4 is 11.6 Å². The third-order valence-corrected chi connectivity index (χ3v) is 4.41. The lowest BCUT2D eigenvalue weighted by Gasteiger charge is -2.21. The van der Waals surface area contributed by atoms with Crippen molar-refractivity contribution < 1.29 is 9.53 Å². The number of hydrogen-bond donors (Lipinski definition) is 2. The van der Waals surface area contributed by atoms with Gasteiger partial charge in [0.05, 0.1) is 11.9 Å². The first-order valence-corrected chi connectivity index (χ1v) is 8.34. The predicted octanol–water partition coefficient (Wildman–Crippen LogP) is 3.43. The van der Waals surface area contributed by atoms with Gasteiger partial charge in [0, 0.05) is 12.0 Å². The molecule has 1 aromatic carbocycles. The Balaban J connectivity index is 1.60. The zero-order chi connectivity index (χ0) is 16.9.